The summed E-state index contributed by atoms with van der Waals surface area (Å²) in [5.41, 5.74) is -2.46. The number of carboxylic acid groups (broad SMARTS) is 2. The zero-order valence-electron chi connectivity index (χ0n) is 15.7. The van der Waals surface area contributed by atoms with Gasteiger partial charge in [0.15, 0.2) is 0 Å². The minimum Gasteiger partial charge on any atom is -0.481 e. The summed E-state index contributed by atoms with van der Waals surface area (Å²) in [5.74, 6) is -2.25. The first-order valence-corrected chi connectivity index (χ1v) is 9.43. The van der Waals surface area contributed by atoms with Gasteiger partial charge in [0.1, 0.15) is 0 Å². The molecular weight excluding hydrogens is 304 g/mol. The van der Waals surface area contributed by atoms with Crippen LogP contribution in [-0.4, -0.2) is 22.2 Å². The summed E-state index contributed by atoms with van der Waals surface area (Å²) >= 11 is 0. The van der Waals surface area contributed by atoms with Gasteiger partial charge in [-0.15, -0.1) is 0 Å². The summed E-state index contributed by atoms with van der Waals surface area (Å²) in [6.45, 7) is 7.94. The smallest absolute Gasteiger partial charge is 0.311 e. The fourth-order valence-electron chi connectivity index (χ4n) is 4.63. The quantitative estimate of drug-likeness (QED) is 0.428. The van der Waals surface area contributed by atoms with Crippen LogP contribution < -0.4 is 0 Å². The molecule has 0 saturated carbocycles. The maximum absolute atomic E-state index is 12.4. The van der Waals surface area contributed by atoms with E-state index in [9.17, 15) is 19.8 Å². The first-order chi connectivity index (χ1) is 11.3. The van der Waals surface area contributed by atoms with Gasteiger partial charge in [0.25, 0.3) is 0 Å². The number of rotatable bonds is 10. The van der Waals surface area contributed by atoms with Crippen molar-refractivity contribution in [2.75, 3.05) is 0 Å². The van der Waals surface area contributed by atoms with Crippen molar-refractivity contribution in [3.63, 3.8) is 0 Å². The van der Waals surface area contributed by atoms with Crippen LogP contribution in [0.2, 0.25) is 0 Å². The van der Waals surface area contributed by atoms with E-state index in [1.54, 1.807) is 0 Å². The lowest BCUT2D eigenvalue weighted by Crippen LogP contribution is -2.59. The third-order valence-electron chi connectivity index (χ3n) is 6.39. The Balaban J connectivity index is 3.30. The van der Waals surface area contributed by atoms with Crippen LogP contribution in [0.15, 0.2) is 12.2 Å². The number of aliphatic carboxylic acids is 2. The highest BCUT2D eigenvalue weighted by Gasteiger charge is 2.65. The van der Waals surface area contributed by atoms with E-state index in [1.165, 1.54) is 0 Å². The molecule has 2 N–H and O–H groups in total. The maximum Gasteiger partial charge on any atom is 0.311 e. The van der Waals surface area contributed by atoms with Crippen molar-refractivity contribution in [2.45, 2.75) is 79.1 Å². The van der Waals surface area contributed by atoms with E-state index in [0.717, 1.165) is 32.1 Å². The van der Waals surface area contributed by atoms with E-state index in [4.69, 9.17) is 0 Å². The highest BCUT2D eigenvalue weighted by atomic mass is 16.4. The summed E-state index contributed by atoms with van der Waals surface area (Å²) in [4.78, 5) is 24.8. The molecule has 0 bridgehead atoms. The van der Waals surface area contributed by atoms with E-state index < -0.39 is 22.8 Å². The molecule has 0 saturated heterocycles. The average Bonchev–Trinajstić information content (AvgIpc) is 2.56. The maximum atomic E-state index is 12.4. The highest BCUT2D eigenvalue weighted by Crippen LogP contribution is 2.59. The Kier molecular flexibility index (Phi) is 7.50. The number of unbranched alkanes of at least 4 members (excludes halogenated alkanes) is 3. The predicted octanol–water partition coefficient (Wildman–Crippen LogP) is 5.13. The molecule has 138 valence electrons. The van der Waals surface area contributed by atoms with Gasteiger partial charge >= 0.3 is 11.9 Å². The van der Waals surface area contributed by atoms with Crippen molar-refractivity contribution in [3.8, 4) is 0 Å². The number of allylic oxidation sites excluding steroid dienone is 2. The Bertz CT molecular complexity index is 470. The Morgan fingerprint density at radius 2 is 1.42 bits per heavy atom. The summed E-state index contributed by atoms with van der Waals surface area (Å²) in [7, 11) is 0. The molecule has 0 amide bonds. The molecule has 4 unspecified atom stereocenters. The van der Waals surface area contributed by atoms with Gasteiger partial charge in [-0.3, -0.25) is 9.59 Å². The Labute approximate surface area is 146 Å². The normalized spacial score (nSPS) is 29.2. The summed E-state index contributed by atoms with van der Waals surface area (Å²) in [6.07, 6.45) is 10.1. The van der Waals surface area contributed by atoms with Gasteiger partial charge in [-0.2, -0.15) is 0 Å². The van der Waals surface area contributed by atoms with E-state index in [2.05, 4.69) is 6.92 Å². The molecule has 0 radical (unpaired) electrons. The third-order valence-corrected chi connectivity index (χ3v) is 6.39. The van der Waals surface area contributed by atoms with Crippen molar-refractivity contribution in [1.82, 2.24) is 0 Å². The Morgan fingerprint density at radius 3 is 1.83 bits per heavy atom. The van der Waals surface area contributed by atoms with E-state index in [0.29, 0.717) is 19.3 Å². The van der Waals surface area contributed by atoms with Gasteiger partial charge in [0.2, 0.25) is 0 Å². The molecule has 0 aromatic carbocycles. The Morgan fingerprint density at radius 1 is 0.917 bits per heavy atom. The monoisotopic (exact) mass is 338 g/mol. The van der Waals surface area contributed by atoms with Crippen LogP contribution in [0.4, 0.5) is 0 Å². The minimum absolute atomic E-state index is 0.165. The molecule has 1 aliphatic carbocycles. The number of carbonyl (C=O) groups is 2. The second-order valence-electron chi connectivity index (χ2n) is 7.49. The van der Waals surface area contributed by atoms with Crippen LogP contribution in [0.5, 0.6) is 0 Å². The molecule has 0 aromatic heterocycles. The number of carboxylic acids is 2. The van der Waals surface area contributed by atoms with E-state index >= 15 is 0 Å². The van der Waals surface area contributed by atoms with Crippen LogP contribution in [0.25, 0.3) is 0 Å². The van der Waals surface area contributed by atoms with Crippen LogP contribution in [0.1, 0.15) is 79.1 Å². The van der Waals surface area contributed by atoms with Crippen molar-refractivity contribution in [1.29, 1.82) is 0 Å². The van der Waals surface area contributed by atoms with Crippen molar-refractivity contribution in [2.24, 2.45) is 22.7 Å². The average molecular weight is 338 g/mol. The lowest BCUT2D eigenvalue weighted by Gasteiger charge is -2.52. The van der Waals surface area contributed by atoms with Gasteiger partial charge in [0, 0.05) is 0 Å². The molecular formula is C20H34O4. The van der Waals surface area contributed by atoms with Crippen molar-refractivity contribution in [3.05, 3.63) is 12.2 Å². The van der Waals surface area contributed by atoms with Gasteiger partial charge in [-0.05, 0) is 31.1 Å². The molecule has 24 heavy (non-hydrogen) atoms. The SMILES string of the molecule is CCCCCCC(C)C1(C(=O)O)CC=CCC1(C(=O)O)C(C)CC. The highest BCUT2D eigenvalue weighted by molar-refractivity contribution is 5.88. The van der Waals surface area contributed by atoms with Crippen LogP contribution >= 0.6 is 0 Å². The Hall–Kier alpha value is -1.32. The molecule has 0 aliphatic heterocycles. The molecule has 0 heterocycles. The van der Waals surface area contributed by atoms with Gasteiger partial charge in [0.05, 0.1) is 10.8 Å². The fraction of sp³-hybridized carbons (Fsp3) is 0.800. The zero-order valence-corrected chi connectivity index (χ0v) is 15.7. The second kappa shape index (κ2) is 8.68. The molecule has 4 heteroatoms. The zero-order chi connectivity index (χ0) is 18.4. The molecule has 4 atom stereocenters. The predicted molar refractivity (Wildman–Crippen MR) is 95.9 cm³/mol. The van der Waals surface area contributed by atoms with Gasteiger partial charge < -0.3 is 10.2 Å². The van der Waals surface area contributed by atoms with E-state index in [-0.39, 0.29) is 11.8 Å². The minimum atomic E-state index is -1.23. The largest absolute Gasteiger partial charge is 0.481 e. The second-order valence-corrected chi connectivity index (χ2v) is 7.49. The first-order valence-electron chi connectivity index (χ1n) is 9.43. The van der Waals surface area contributed by atoms with E-state index in [1.807, 2.05) is 32.9 Å². The van der Waals surface area contributed by atoms with Gasteiger partial charge in [-0.25, -0.2) is 0 Å². The molecule has 1 aliphatic rings. The van der Waals surface area contributed by atoms with Crippen LogP contribution in [-0.2, 0) is 9.59 Å². The molecule has 0 fully saturated rings. The van der Waals surface area contributed by atoms with Crippen LogP contribution in [0, 0.1) is 22.7 Å². The summed E-state index contributed by atoms with van der Waals surface area (Å²) in [6, 6.07) is 0. The topological polar surface area (TPSA) is 74.6 Å². The number of hydrogen-bond donors (Lipinski definition) is 2. The van der Waals surface area contributed by atoms with Crippen molar-refractivity contribution >= 4 is 11.9 Å². The fourth-order valence-corrected chi connectivity index (χ4v) is 4.63. The lowest BCUT2D eigenvalue weighted by molar-refractivity contribution is -0.188. The summed E-state index contributed by atoms with van der Waals surface area (Å²) in [5, 5.41) is 20.3. The van der Waals surface area contributed by atoms with Gasteiger partial charge in [-0.1, -0.05) is 72.0 Å². The molecule has 0 spiro atoms. The molecule has 1 rings (SSSR count). The number of hydrogen-bond acceptors (Lipinski definition) is 2. The third kappa shape index (κ3) is 3.38. The molecule has 4 nitrogen and oxygen atoms in total. The molecule has 0 aromatic rings. The lowest BCUT2D eigenvalue weighted by atomic mass is 9.48. The standard InChI is InChI=1S/C20H34O4/c1-5-7-8-9-12-16(4)20(18(23)24)14-11-10-13-19(20,17(21)22)15(3)6-2/h10-11,15-16H,5-9,12-14H2,1-4H3,(H,21,22)(H,23,24). The van der Waals surface area contributed by atoms with Crippen molar-refractivity contribution < 1.29 is 19.8 Å². The van der Waals surface area contributed by atoms with Crippen LogP contribution in [0.3, 0.4) is 0 Å². The first kappa shape index (κ1) is 20.7. The summed E-state index contributed by atoms with van der Waals surface area (Å²) < 4.78 is 0.